The topological polar surface area (TPSA) is 29.1 Å². The third kappa shape index (κ3) is 5.60. The van der Waals surface area contributed by atoms with E-state index in [1.165, 1.54) is 0 Å². The van der Waals surface area contributed by atoms with E-state index in [0.29, 0.717) is 12.3 Å². The molecule has 0 saturated heterocycles. The van der Waals surface area contributed by atoms with Crippen LogP contribution in [0.15, 0.2) is 0 Å². The fourth-order valence-electron chi connectivity index (χ4n) is 0.752. The molecule has 62 valence electrons. The number of carbonyl (C=O) groups is 1. The molecule has 0 saturated carbocycles. The minimum absolute atomic E-state index is 0. The molecule has 0 aliphatic carbocycles. The van der Waals surface area contributed by atoms with Crippen LogP contribution in [0.4, 0.5) is 0 Å². The number of nitrogens with one attached hydrogen (secondary N) is 1. The van der Waals surface area contributed by atoms with Crippen molar-refractivity contribution < 1.29 is 6.22 Å². The summed E-state index contributed by atoms with van der Waals surface area (Å²) in [4.78, 5) is 11.0. The maximum Gasteiger partial charge on any atom is 0.220 e. The van der Waals surface area contributed by atoms with Gasteiger partial charge >= 0.3 is 0 Å². The fraction of sp³-hybridized carbons (Fsp3) is 0.875. The number of rotatable bonds is 3. The summed E-state index contributed by atoms with van der Waals surface area (Å²) in [6, 6.07) is 0.270. The van der Waals surface area contributed by atoms with Crippen molar-refractivity contribution in [2.24, 2.45) is 5.92 Å². The second-order valence-corrected chi connectivity index (χ2v) is 3.32. The Kier molecular flexibility index (Phi) is 4.08. The largest absolute Gasteiger partial charge is 0.354 e. The van der Waals surface area contributed by atoms with Crippen LogP contribution in [-0.4, -0.2) is 11.9 Å². The van der Waals surface area contributed by atoms with Crippen molar-refractivity contribution in [1.82, 2.24) is 5.32 Å². The van der Waals surface area contributed by atoms with Crippen LogP contribution in [0.5, 0.6) is 0 Å². The predicted molar refractivity (Wildman–Crippen MR) is 44.8 cm³/mol. The number of hydrogen-bond acceptors (Lipinski definition) is 1. The molecule has 0 fully saturated rings. The van der Waals surface area contributed by atoms with Crippen molar-refractivity contribution in [3.63, 3.8) is 0 Å². The summed E-state index contributed by atoms with van der Waals surface area (Å²) in [7, 11) is 0. The SMILES string of the molecule is CC(C)CC(=O)NC(C)C.[HH]. The summed E-state index contributed by atoms with van der Waals surface area (Å²) < 4.78 is 0. The van der Waals surface area contributed by atoms with Crippen LogP contribution in [-0.2, 0) is 4.79 Å². The molecule has 0 aromatic carbocycles. The zero-order valence-corrected chi connectivity index (χ0v) is 7.27. The maximum absolute atomic E-state index is 11.0. The van der Waals surface area contributed by atoms with Crippen LogP contribution in [0, 0.1) is 5.92 Å². The van der Waals surface area contributed by atoms with Gasteiger partial charge in [-0.1, -0.05) is 13.8 Å². The van der Waals surface area contributed by atoms with Gasteiger partial charge in [-0.3, -0.25) is 4.79 Å². The first-order valence-corrected chi connectivity index (χ1v) is 3.81. The van der Waals surface area contributed by atoms with E-state index < -0.39 is 0 Å². The molecular weight excluding hydrogens is 126 g/mol. The van der Waals surface area contributed by atoms with Gasteiger partial charge in [0.05, 0.1) is 0 Å². The first-order chi connectivity index (χ1) is 4.52. The number of amides is 1. The molecule has 1 amide bonds. The Hall–Kier alpha value is -0.530. The van der Waals surface area contributed by atoms with Gasteiger partial charge in [0, 0.05) is 13.9 Å². The summed E-state index contributed by atoms with van der Waals surface area (Å²) in [5.74, 6) is 0.615. The van der Waals surface area contributed by atoms with Gasteiger partial charge in [0.1, 0.15) is 0 Å². The normalized spacial score (nSPS) is 10.6. The lowest BCUT2D eigenvalue weighted by Crippen LogP contribution is -2.30. The lowest BCUT2D eigenvalue weighted by atomic mass is 10.1. The summed E-state index contributed by atoms with van der Waals surface area (Å²) in [5, 5.41) is 2.84. The lowest BCUT2D eigenvalue weighted by Gasteiger charge is -2.09. The van der Waals surface area contributed by atoms with Gasteiger partial charge in [-0.05, 0) is 19.8 Å². The smallest absolute Gasteiger partial charge is 0.220 e. The highest BCUT2D eigenvalue weighted by Gasteiger charge is 2.04. The molecule has 0 aliphatic rings. The first-order valence-electron chi connectivity index (χ1n) is 3.81. The number of hydrogen-bond donors (Lipinski definition) is 1. The molecule has 10 heavy (non-hydrogen) atoms. The molecule has 0 radical (unpaired) electrons. The van der Waals surface area contributed by atoms with Crippen molar-refractivity contribution in [2.45, 2.75) is 40.2 Å². The summed E-state index contributed by atoms with van der Waals surface area (Å²) in [6.45, 7) is 8.02. The standard InChI is InChI=1S/C8H17NO.H2/c1-6(2)5-8(10)9-7(3)4;/h6-7H,5H2,1-4H3,(H,9,10);1H. The molecule has 0 heterocycles. The van der Waals surface area contributed by atoms with E-state index in [1.807, 2.05) is 27.7 Å². The Morgan fingerprint density at radius 3 is 2.20 bits per heavy atom. The van der Waals surface area contributed by atoms with Gasteiger partial charge in [0.15, 0.2) is 0 Å². The first kappa shape index (κ1) is 9.47. The summed E-state index contributed by atoms with van der Waals surface area (Å²) in [5.41, 5.74) is 0. The van der Waals surface area contributed by atoms with Gasteiger partial charge in [0.25, 0.3) is 0 Å². The van der Waals surface area contributed by atoms with E-state index >= 15 is 0 Å². The Bertz CT molecular complexity index is 101. The maximum atomic E-state index is 11.0. The molecule has 0 aliphatic heterocycles. The molecule has 1 N–H and O–H groups in total. The Morgan fingerprint density at radius 1 is 1.40 bits per heavy atom. The van der Waals surface area contributed by atoms with Crippen LogP contribution in [0.1, 0.15) is 35.5 Å². The van der Waals surface area contributed by atoms with Gasteiger partial charge in [-0.2, -0.15) is 0 Å². The van der Waals surface area contributed by atoms with Gasteiger partial charge in [0.2, 0.25) is 5.91 Å². The molecule has 0 unspecified atom stereocenters. The monoisotopic (exact) mass is 145 g/mol. The Labute approximate surface area is 64.5 Å². The number of carbonyl (C=O) groups excluding carboxylic acids is 1. The minimum Gasteiger partial charge on any atom is -0.354 e. The van der Waals surface area contributed by atoms with Crippen molar-refractivity contribution in [3.05, 3.63) is 0 Å². The van der Waals surface area contributed by atoms with Crippen molar-refractivity contribution in [3.8, 4) is 0 Å². The molecule has 0 atom stereocenters. The van der Waals surface area contributed by atoms with Gasteiger partial charge in [-0.15, -0.1) is 0 Å². The van der Waals surface area contributed by atoms with Crippen LogP contribution in [0.3, 0.4) is 0 Å². The van der Waals surface area contributed by atoms with E-state index in [-0.39, 0.29) is 13.4 Å². The molecular formula is C8H19NO. The average molecular weight is 145 g/mol. The molecule has 0 aromatic rings. The molecule has 0 rings (SSSR count). The van der Waals surface area contributed by atoms with E-state index in [0.717, 1.165) is 0 Å². The third-order valence-corrected chi connectivity index (χ3v) is 1.04. The molecule has 2 nitrogen and oxygen atoms in total. The Balaban J connectivity index is 0. The van der Waals surface area contributed by atoms with E-state index in [2.05, 4.69) is 5.32 Å². The highest BCUT2D eigenvalue weighted by molar-refractivity contribution is 5.76. The fourth-order valence-corrected chi connectivity index (χ4v) is 0.752. The van der Waals surface area contributed by atoms with Crippen LogP contribution in [0.25, 0.3) is 0 Å². The third-order valence-electron chi connectivity index (χ3n) is 1.04. The average Bonchev–Trinajstić information content (AvgIpc) is 1.58. The van der Waals surface area contributed by atoms with Crippen LogP contribution >= 0.6 is 0 Å². The minimum atomic E-state index is 0. The second-order valence-electron chi connectivity index (χ2n) is 3.32. The lowest BCUT2D eigenvalue weighted by molar-refractivity contribution is -0.122. The molecule has 0 bridgehead atoms. The van der Waals surface area contributed by atoms with Crippen molar-refractivity contribution >= 4 is 5.91 Å². The zero-order valence-electron chi connectivity index (χ0n) is 7.27. The highest BCUT2D eigenvalue weighted by Crippen LogP contribution is 1.98. The molecule has 2 heteroatoms. The van der Waals surface area contributed by atoms with Gasteiger partial charge < -0.3 is 5.32 Å². The summed E-state index contributed by atoms with van der Waals surface area (Å²) in [6.07, 6.45) is 0.637. The predicted octanol–water partition coefficient (Wildman–Crippen LogP) is 1.80. The van der Waals surface area contributed by atoms with Crippen LogP contribution in [0.2, 0.25) is 0 Å². The zero-order chi connectivity index (χ0) is 8.15. The van der Waals surface area contributed by atoms with Crippen molar-refractivity contribution in [1.29, 1.82) is 0 Å². The van der Waals surface area contributed by atoms with E-state index in [9.17, 15) is 4.79 Å². The highest BCUT2D eigenvalue weighted by atomic mass is 16.1. The molecule has 0 spiro atoms. The summed E-state index contributed by atoms with van der Waals surface area (Å²) >= 11 is 0. The van der Waals surface area contributed by atoms with Gasteiger partial charge in [-0.25, -0.2) is 0 Å². The van der Waals surface area contributed by atoms with E-state index in [1.54, 1.807) is 0 Å². The van der Waals surface area contributed by atoms with Crippen molar-refractivity contribution in [2.75, 3.05) is 0 Å². The quantitative estimate of drug-likeness (QED) is 0.644. The Morgan fingerprint density at radius 2 is 1.90 bits per heavy atom. The van der Waals surface area contributed by atoms with Crippen LogP contribution < -0.4 is 5.32 Å². The second kappa shape index (κ2) is 4.31. The van der Waals surface area contributed by atoms with E-state index in [4.69, 9.17) is 0 Å². The molecule has 0 aromatic heterocycles.